The smallest absolute Gasteiger partial charge is 0.338 e. The lowest BCUT2D eigenvalue weighted by Gasteiger charge is -2.23. The van der Waals surface area contributed by atoms with Gasteiger partial charge in [0.1, 0.15) is 17.9 Å². The highest BCUT2D eigenvalue weighted by molar-refractivity contribution is 5.94. The second-order valence-electron chi connectivity index (χ2n) is 6.84. The summed E-state index contributed by atoms with van der Waals surface area (Å²) in [5.41, 5.74) is -0.0949. The largest absolute Gasteiger partial charge is 0.478 e. The van der Waals surface area contributed by atoms with Crippen molar-refractivity contribution in [3.8, 4) is 0 Å². The fourth-order valence-electron chi connectivity index (χ4n) is 3.39. The zero-order valence-electron chi connectivity index (χ0n) is 14.9. The van der Waals surface area contributed by atoms with E-state index in [1.807, 2.05) is 0 Å². The van der Waals surface area contributed by atoms with Gasteiger partial charge in [-0.05, 0) is 48.1 Å². The van der Waals surface area contributed by atoms with Crippen molar-refractivity contribution in [3.05, 3.63) is 70.8 Å². The lowest BCUT2D eigenvalue weighted by Crippen LogP contribution is -2.35. The van der Waals surface area contributed by atoms with Crippen LogP contribution in [0.5, 0.6) is 0 Å². The number of carboxylic acids is 1. The van der Waals surface area contributed by atoms with Crippen molar-refractivity contribution in [2.24, 2.45) is 5.92 Å². The van der Waals surface area contributed by atoms with E-state index in [-0.39, 0.29) is 17.9 Å². The van der Waals surface area contributed by atoms with Crippen LogP contribution < -0.4 is 5.32 Å². The van der Waals surface area contributed by atoms with Crippen LogP contribution in [0.25, 0.3) is 0 Å². The number of aldehydes is 1. The quantitative estimate of drug-likeness (QED) is 0.678. The van der Waals surface area contributed by atoms with Crippen molar-refractivity contribution in [3.63, 3.8) is 0 Å². The van der Waals surface area contributed by atoms with Crippen LogP contribution in [0.4, 0.5) is 8.78 Å². The van der Waals surface area contributed by atoms with Gasteiger partial charge >= 0.3 is 5.97 Å². The predicted octanol–water partition coefficient (Wildman–Crippen LogP) is 3.60. The Hall–Kier alpha value is -3.09. The van der Waals surface area contributed by atoms with Crippen molar-refractivity contribution < 1.29 is 28.3 Å². The predicted molar refractivity (Wildman–Crippen MR) is 96.8 cm³/mol. The molecule has 1 aliphatic carbocycles. The van der Waals surface area contributed by atoms with Crippen molar-refractivity contribution in [1.82, 2.24) is 5.32 Å². The van der Waals surface area contributed by atoms with Crippen LogP contribution in [-0.2, 0) is 9.59 Å². The molecule has 7 heteroatoms. The number of nitrogens with one attached hydrogen (secondary N) is 1. The van der Waals surface area contributed by atoms with Gasteiger partial charge in [0.05, 0.1) is 17.5 Å². The average molecular weight is 387 g/mol. The van der Waals surface area contributed by atoms with Gasteiger partial charge < -0.3 is 15.2 Å². The summed E-state index contributed by atoms with van der Waals surface area (Å²) in [7, 11) is 0. The van der Waals surface area contributed by atoms with E-state index in [4.69, 9.17) is 0 Å². The van der Waals surface area contributed by atoms with Crippen LogP contribution in [-0.4, -0.2) is 23.3 Å². The first-order chi connectivity index (χ1) is 13.4. The molecule has 2 N–H and O–H groups in total. The van der Waals surface area contributed by atoms with Crippen LogP contribution in [0.15, 0.2) is 42.5 Å². The summed E-state index contributed by atoms with van der Waals surface area (Å²) in [5, 5.41) is 12.1. The van der Waals surface area contributed by atoms with Crippen molar-refractivity contribution in [2.75, 3.05) is 0 Å². The first-order valence-electron chi connectivity index (χ1n) is 8.93. The first kappa shape index (κ1) is 19.7. The third-order valence-electron chi connectivity index (χ3n) is 4.88. The number of hydrogen-bond donors (Lipinski definition) is 2. The van der Waals surface area contributed by atoms with E-state index in [0.29, 0.717) is 11.8 Å². The number of halogens is 2. The lowest BCUT2D eigenvalue weighted by atomic mass is 9.90. The Morgan fingerprint density at radius 1 is 1.18 bits per heavy atom. The van der Waals surface area contributed by atoms with Crippen LogP contribution in [0.2, 0.25) is 0 Å². The topological polar surface area (TPSA) is 83.5 Å². The van der Waals surface area contributed by atoms with Gasteiger partial charge in [0.15, 0.2) is 0 Å². The average Bonchev–Trinajstić information content (AvgIpc) is 3.48. The summed E-state index contributed by atoms with van der Waals surface area (Å²) in [5.74, 6) is -4.54. The van der Waals surface area contributed by atoms with E-state index in [1.54, 1.807) is 12.1 Å². The maximum absolute atomic E-state index is 14.0. The van der Waals surface area contributed by atoms with Gasteiger partial charge in [0.2, 0.25) is 5.91 Å². The van der Waals surface area contributed by atoms with E-state index in [0.717, 1.165) is 18.9 Å². The molecule has 2 atom stereocenters. The van der Waals surface area contributed by atoms with Crippen LogP contribution in [0.1, 0.15) is 52.7 Å². The molecule has 1 amide bonds. The lowest BCUT2D eigenvalue weighted by molar-refractivity contribution is -0.125. The first-order valence-corrected chi connectivity index (χ1v) is 8.93. The summed E-state index contributed by atoms with van der Waals surface area (Å²) in [6.07, 6.45) is 1.92. The number of hydrogen-bond acceptors (Lipinski definition) is 3. The van der Waals surface area contributed by atoms with Crippen molar-refractivity contribution >= 4 is 18.2 Å². The Morgan fingerprint density at radius 3 is 2.50 bits per heavy atom. The Balaban J connectivity index is 1.92. The highest BCUT2D eigenvalue weighted by atomic mass is 19.1. The minimum absolute atomic E-state index is 0.0640. The number of benzene rings is 2. The molecule has 2 aromatic rings. The number of carboxylic acid groups (broad SMARTS) is 1. The maximum Gasteiger partial charge on any atom is 0.338 e. The normalized spacial score (nSPS) is 15.5. The van der Waals surface area contributed by atoms with Gasteiger partial charge in [0.25, 0.3) is 0 Å². The number of amides is 1. The fraction of sp³-hybridized carbons (Fsp3) is 0.286. The van der Waals surface area contributed by atoms with Gasteiger partial charge in [-0.3, -0.25) is 4.79 Å². The van der Waals surface area contributed by atoms with Gasteiger partial charge in [-0.25, -0.2) is 13.6 Å². The van der Waals surface area contributed by atoms with E-state index in [2.05, 4.69) is 5.32 Å². The van der Waals surface area contributed by atoms with Crippen LogP contribution in [0.3, 0.4) is 0 Å². The molecule has 2 aromatic carbocycles. The Morgan fingerprint density at radius 2 is 1.89 bits per heavy atom. The van der Waals surface area contributed by atoms with Gasteiger partial charge in [0, 0.05) is 6.42 Å². The van der Waals surface area contributed by atoms with Gasteiger partial charge in [-0.2, -0.15) is 0 Å². The van der Waals surface area contributed by atoms with Gasteiger partial charge in [-0.1, -0.05) is 24.3 Å². The molecular weight excluding hydrogens is 368 g/mol. The second-order valence-corrected chi connectivity index (χ2v) is 6.84. The zero-order chi connectivity index (χ0) is 20.3. The number of aromatic carboxylic acids is 1. The molecule has 0 heterocycles. The summed E-state index contributed by atoms with van der Waals surface area (Å²) in [4.78, 5) is 35.5. The Bertz CT molecular complexity index is 911. The molecule has 1 aliphatic rings. The van der Waals surface area contributed by atoms with E-state index in [9.17, 15) is 28.3 Å². The summed E-state index contributed by atoms with van der Waals surface area (Å²) < 4.78 is 27.6. The van der Waals surface area contributed by atoms with Gasteiger partial charge in [-0.15, -0.1) is 0 Å². The minimum atomic E-state index is -1.51. The molecular formula is C21H19F2NO4. The molecule has 0 saturated heterocycles. The molecule has 0 aromatic heterocycles. The standard InChI is InChI=1S/C21H19F2NO4/c22-14-4-1-3-13(11-14)19(12-7-8-12)24-20(26)16(9-10-25)15-5-2-6-17(23)18(15)21(27)28/h1-6,10-12,16,19H,7-9H2,(H,24,26)(H,27,28)/t16?,19-/m0/s1. The summed E-state index contributed by atoms with van der Waals surface area (Å²) >= 11 is 0. The summed E-state index contributed by atoms with van der Waals surface area (Å²) in [6.45, 7) is 0. The monoisotopic (exact) mass is 387 g/mol. The molecule has 1 fully saturated rings. The molecule has 1 saturated carbocycles. The van der Waals surface area contributed by atoms with Crippen LogP contribution >= 0.6 is 0 Å². The number of carbonyl (C=O) groups excluding carboxylic acids is 2. The maximum atomic E-state index is 14.0. The number of carbonyl (C=O) groups is 3. The molecule has 0 radical (unpaired) electrons. The Labute approximate surface area is 160 Å². The second kappa shape index (κ2) is 8.29. The fourth-order valence-corrected chi connectivity index (χ4v) is 3.39. The SMILES string of the molecule is O=CCC(C(=O)N[C@H](c1cccc(F)c1)C1CC1)c1cccc(F)c1C(=O)O. The van der Waals surface area contributed by atoms with Crippen molar-refractivity contribution in [1.29, 1.82) is 0 Å². The molecule has 146 valence electrons. The third kappa shape index (κ3) is 4.24. The van der Waals surface area contributed by atoms with E-state index in [1.165, 1.54) is 24.3 Å². The number of rotatable bonds is 8. The molecule has 28 heavy (non-hydrogen) atoms. The minimum Gasteiger partial charge on any atom is -0.478 e. The molecule has 1 unspecified atom stereocenters. The van der Waals surface area contributed by atoms with Crippen molar-refractivity contribution in [2.45, 2.75) is 31.2 Å². The van der Waals surface area contributed by atoms with E-state index < -0.39 is 41.0 Å². The highest BCUT2D eigenvalue weighted by Gasteiger charge is 2.36. The summed E-state index contributed by atoms with van der Waals surface area (Å²) in [6, 6.07) is 9.04. The third-order valence-corrected chi connectivity index (χ3v) is 4.88. The zero-order valence-corrected chi connectivity index (χ0v) is 14.9. The highest BCUT2D eigenvalue weighted by Crippen LogP contribution is 2.41. The molecule has 0 spiro atoms. The molecule has 5 nitrogen and oxygen atoms in total. The molecule has 0 aliphatic heterocycles. The molecule has 0 bridgehead atoms. The molecule has 3 rings (SSSR count). The van der Waals surface area contributed by atoms with E-state index >= 15 is 0 Å². The van der Waals surface area contributed by atoms with Crippen LogP contribution in [0, 0.1) is 17.6 Å². The Kier molecular flexibility index (Phi) is 5.82.